The van der Waals surface area contributed by atoms with E-state index in [1.165, 1.54) is 0 Å². The fourth-order valence-corrected chi connectivity index (χ4v) is 0.577. The average molecular weight is 183 g/mol. The number of rotatable bonds is 4. The summed E-state index contributed by atoms with van der Waals surface area (Å²) in [4.78, 5) is 10.1. The fraction of sp³-hybridized carbons (Fsp3) is 0.333. The van der Waals surface area contributed by atoms with Crippen LogP contribution in [0, 0.1) is 0 Å². The van der Waals surface area contributed by atoms with Gasteiger partial charge in [-0.25, -0.2) is 4.63 Å². The Morgan fingerprint density at radius 2 is 2.15 bits per heavy atom. The highest BCUT2D eigenvalue weighted by Gasteiger charge is 2.06. The van der Waals surface area contributed by atoms with Gasteiger partial charge in [0.2, 0.25) is 18.0 Å². The normalized spacial score (nSPS) is 9.08. The number of carbonyl (C=O) groups is 1. The molecule has 0 saturated heterocycles. The van der Waals surface area contributed by atoms with Gasteiger partial charge in [-0.15, -0.1) is 0 Å². The van der Waals surface area contributed by atoms with Crippen molar-refractivity contribution in [2.45, 2.75) is 13.8 Å². The first kappa shape index (κ1) is 9.17. The zero-order valence-electron chi connectivity index (χ0n) is 7.24. The summed E-state index contributed by atoms with van der Waals surface area (Å²) < 4.78 is 4.38. The monoisotopic (exact) mass is 183 g/mol. The van der Waals surface area contributed by atoms with Crippen LogP contribution in [0.25, 0.3) is 0 Å². The topological polar surface area (TPSA) is 92.4 Å². The number of anilines is 2. The van der Waals surface area contributed by atoms with Crippen molar-refractivity contribution < 1.29 is 9.42 Å². The van der Waals surface area contributed by atoms with Gasteiger partial charge in [-0.3, -0.25) is 10.2 Å². The van der Waals surface area contributed by atoms with E-state index in [0.717, 1.165) is 5.71 Å². The minimum absolute atomic E-state index is 0.208. The van der Waals surface area contributed by atoms with Gasteiger partial charge in [0.25, 0.3) is 0 Å². The molecule has 2 N–H and O–H groups in total. The molecule has 0 aliphatic carbocycles. The molecule has 0 fully saturated rings. The lowest BCUT2D eigenvalue weighted by molar-refractivity contribution is -0.105. The number of nitrogens with one attached hydrogen (secondary N) is 2. The SMILES string of the molecule is CC(C)=NNc1nonc1NC=O. The third-order valence-electron chi connectivity index (χ3n) is 1.07. The molecule has 0 aromatic carbocycles. The molecule has 7 nitrogen and oxygen atoms in total. The van der Waals surface area contributed by atoms with E-state index >= 15 is 0 Å². The molecule has 7 heteroatoms. The zero-order valence-corrected chi connectivity index (χ0v) is 7.24. The minimum Gasteiger partial charge on any atom is -0.307 e. The van der Waals surface area contributed by atoms with Crippen LogP contribution >= 0.6 is 0 Å². The number of nitrogens with zero attached hydrogens (tertiary/aromatic N) is 3. The van der Waals surface area contributed by atoms with Gasteiger partial charge in [0.15, 0.2) is 0 Å². The van der Waals surface area contributed by atoms with E-state index in [1.54, 1.807) is 0 Å². The highest BCUT2D eigenvalue weighted by Crippen LogP contribution is 2.13. The molecule has 0 atom stereocenters. The molecular weight excluding hydrogens is 174 g/mol. The molecule has 0 bridgehead atoms. The summed E-state index contributed by atoms with van der Waals surface area (Å²) in [6.07, 6.45) is 0.479. The van der Waals surface area contributed by atoms with Crippen molar-refractivity contribution in [2.24, 2.45) is 5.10 Å². The van der Waals surface area contributed by atoms with Crippen molar-refractivity contribution >= 4 is 23.8 Å². The predicted octanol–water partition coefficient (Wildman–Crippen LogP) is 0.446. The molecule has 70 valence electrons. The van der Waals surface area contributed by atoms with Crippen molar-refractivity contribution in [3.63, 3.8) is 0 Å². The largest absolute Gasteiger partial charge is 0.307 e. The van der Waals surface area contributed by atoms with Crippen LogP contribution in [0.15, 0.2) is 9.73 Å². The standard InChI is InChI=1S/C6H9N5O2/c1-4(2)8-9-6-5(7-3-12)10-13-11-6/h3H,1-2H3,(H,9,11)(H,7,10,12). The number of hydrogen-bond acceptors (Lipinski definition) is 6. The maximum atomic E-state index is 10.1. The van der Waals surface area contributed by atoms with E-state index < -0.39 is 0 Å². The molecule has 13 heavy (non-hydrogen) atoms. The van der Waals surface area contributed by atoms with E-state index in [2.05, 4.69) is 30.8 Å². The van der Waals surface area contributed by atoms with Crippen molar-refractivity contribution in [2.75, 3.05) is 10.7 Å². The quantitative estimate of drug-likeness (QED) is 0.401. The number of amides is 1. The van der Waals surface area contributed by atoms with Crippen molar-refractivity contribution in [1.29, 1.82) is 0 Å². The minimum atomic E-state index is 0.208. The molecule has 0 unspecified atom stereocenters. The van der Waals surface area contributed by atoms with Crippen LogP contribution in [0.4, 0.5) is 11.6 Å². The summed E-state index contributed by atoms with van der Waals surface area (Å²) in [6.45, 7) is 3.63. The van der Waals surface area contributed by atoms with Gasteiger partial charge in [-0.05, 0) is 24.2 Å². The molecule has 0 saturated carbocycles. The molecule has 1 amide bonds. The Morgan fingerprint density at radius 3 is 2.77 bits per heavy atom. The molecule has 1 rings (SSSR count). The first-order valence-corrected chi connectivity index (χ1v) is 3.53. The summed E-state index contributed by atoms with van der Waals surface area (Å²) >= 11 is 0. The second-order valence-corrected chi connectivity index (χ2v) is 2.39. The second-order valence-electron chi connectivity index (χ2n) is 2.39. The lowest BCUT2D eigenvalue weighted by Gasteiger charge is -1.95. The van der Waals surface area contributed by atoms with Crippen LogP contribution in [-0.4, -0.2) is 22.4 Å². The highest BCUT2D eigenvalue weighted by atomic mass is 16.6. The molecule has 0 aliphatic heterocycles. The van der Waals surface area contributed by atoms with Crippen LogP contribution in [-0.2, 0) is 4.79 Å². The molecule has 1 aromatic heterocycles. The summed E-state index contributed by atoms with van der Waals surface area (Å²) in [5, 5.41) is 13.1. The Labute approximate surface area is 74.2 Å². The summed E-state index contributed by atoms with van der Waals surface area (Å²) in [5.74, 6) is 0.480. The number of aromatic nitrogens is 2. The van der Waals surface area contributed by atoms with Crippen molar-refractivity contribution in [3.8, 4) is 0 Å². The van der Waals surface area contributed by atoms with E-state index in [1.807, 2.05) is 13.8 Å². The number of hydrazone groups is 1. The Kier molecular flexibility index (Phi) is 2.96. The molecule has 1 heterocycles. The molecule has 0 radical (unpaired) electrons. The Bertz CT molecular complexity index is 315. The van der Waals surface area contributed by atoms with Gasteiger partial charge in [0.05, 0.1) is 0 Å². The lowest BCUT2D eigenvalue weighted by Crippen LogP contribution is -1.99. The summed E-state index contributed by atoms with van der Waals surface area (Å²) in [5.41, 5.74) is 3.40. The molecular formula is C6H9N5O2. The van der Waals surface area contributed by atoms with Crippen LogP contribution < -0.4 is 10.7 Å². The molecule has 0 aliphatic rings. The third-order valence-corrected chi connectivity index (χ3v) is 1.07. The molecule has 1 aromatic rings. The van der Waals surface area contributed by atoms with Gasteiger partial charge in [0.1, 0.15) is 0 Å². The summed E-state index contributed by atoms with van der Waals surface area (Å²) in [6, 6.07) is 0. The van der Waals surface area contributed by atoms with Crippen LogP contribution in [0.2, 0.25) is 0 Å². The fourth-order valence-electron chi connectivity index (χ4n) is 0.577. The Balaban J connectivity index is 2.70. The van der Waals surface area contributed by atoms with Gasteiger partial charge >= 0.3 is 0 Å². The van der Waals surface area contributed by atoms with Gasteiger partial charge in [-0.2, -0.15) is 5.10 Å². The van der Waals surface area contributed by atoms with Gasteiger partial charge in [-0.1, -0.05) is 0 Å². The van der Waals surface area contributed by atoms with Gasteiger partial charge in [0, 0.05) is 5.71 Å². The average Bonchev–Trinajstić information content (AvgIpc) is 2.49. The van der Waals surface area contributed by atoms with E-state index in [-0.39, 0.29) is 11.6 Å². The van der Waals surface area contributed by atoms with Crippen molar-refractivity contribution in [1.82, 2.24) is 10.3 Å². The van der Waals surface area contributed by atoms with Crippen molar-refractivity contribution in [3.05, 3.63) is 0 Å². The van der Waals surface area contributed by atoms with Crippen LogP contribution in [0.3, 0.4) is 0 Å². The zero-order chi connectivity index (χ0) is 9.68. The third kappa shape index (κ3) is 2.55. The Morgan fingerprint density at radius 1 is 1.46 bits per heavy atom. The van der Waals surface area contributed by atoms with E-state index in [0.29, 0.717) is 6.41 Å². The molecule has 0 spiro atoms. The first-order valence-electron chi connectivity index (χ1n) is 3.53. The first-order chi connectivity index (χ1) is 6.24. The number of hydrogen-bond donors (Lipinski definition) is 2. The smallest absolute Gasteiger partial charge is 0.235 e. The van der Waals surface area contributed by atoms with Crippen LogP contribution in [0.1, 0.15) is 13.8 Å². The van der Waals surface area contributed by atoms with E-state index in [4.69, 9.17) is 0 Å². The van der Waals surface area contributed by atoms with Crippen LogP contribution in [0.5, 0.6) is 0 Å². The second kappa shape index (κ2) is 4.19. The van der Waals surface area contributed by atoms with Gasteiger partial charge < -0.3 is 5.32 Å². The van der Waals surface area contributed by atoms with E-state index in [9.17, 15) is 4.79 Å². The maximum absolute atomic E-state index is 10.1. The predicted molar refractivity (Wildman–Crippen MR) is 46.4 cm³/mol. The number of carbonyl (C=O) groups excluding carboxylic acids is 1. The Hall–Kier alpha value is -1.92. The maximum Gasteiger partial charge on any atom is 0.235 e. The summed E-state index contributed by atoms with van der Waals surface area (Å²) in [7, 11) is 0. The lowest BCUT2D eigenvalue weighted by atomic mass is 10.5. The highest BCUT2D eigenvalue weighted by molar-refractivity contribution is 5.81.